The highest BCUT2D eigenvalue weighted by Gasteiger charge is 2.22. The van der Waals surface area contributed by atoms with Crippen LogP contribution in [0, 0.1) is 19.8 Å². The van der Waals surface area contributed by atoms with Crippen molar-refractivity contribution in [3.05, 3.63) is 44.5 Å². The summed E-state index contributed by atoms with van der Waals surface area (Å²) in [7, 11) is 0. The molecule has 5 nitrogen and oxygen atoms in total. The number of aryl methyl sites for hydroxylation is 3. The van der Waals surface area contributed by atoms with E-state index in [-0.39, 0.29) is 11.8 Å². The third-order valence-electron chi connectivity index (χ3n) is 4.56. The predicted octanol–water partition coefficient (Wildman–Crippen LogP) is 3.55. The van der Waals surface area contributed by atoms with Gasteiger partial charge in [-0.3, -0.25) is 20.4 Å². The Bertz CT molecular complexity index is 775. The van der Waals surface area contributed by atoms with Crippen LogP contribution in [-0.2, 0) is 12.8 Å². The van der Waals surface area contributed by atoms with E-state index in [0.29, 0.717) is 22.0 Å². The molecule has 0 radical (unpaired) electrons. The number of hydrogen-bond donors (Lipinski definition) is 2. The summed E-state index contributed by atoms with van der Waals surface area (Å²) in [6.45, 7) is 5.72. The molecule has 2 aromatic heterocycles. The average Bonchev–Trinajstić information content (AvgIpc) is 3.14. The van der Waals surface area contributed by atoms with Crippen molar-refractivity contribution in [3.8, 4) is 0 Å². The lowest BCUT2D eigenvalue weighted by molar-refractivity contribution is 0.0848. The van der Waals surface area contributed by atoms with Crippen LogP contribution in [0.5, 0.6) is 0 Å². The van der Waals surface area contributed by atoms with E-state index < -0.39 is 0 Å². The predicted molar refractivity (Wildman–Crippen MR) is 93.2 cm³/mol. The van der Waals surface area contributed by atoms with E-state index >= 15 is 0 Å². The Balaban J connectivity index is 1.63. The number of hydrogen-bond acceptors (Lipinski definition) is 4. The van der Waals surface area contributed by atoms with Crippen molar-refractivity contribution in [1.82, 2.24) is 10.9 Å². The Morgan fingerprint density at radius 2 is 2.00 bits per heavy atom. The first-order valence-corrected chi connectivity index (χ1v) is 9.08. The summed E-state index contributed by atoms with van der Waals surface area (Å²) in [4.78, 5) is 26.4. The van der Waals surface area contributed by atoms with Crippen molar-refractivity contribution < 1.29 is 14.0 Å². The number of hydrazine groups is 1. The second kappa shape index (κ2) is 6.81. The lowest BCUT2D eigenvalue weighted by Crippen LogP contribution is -2.41. The minimum atomic E-state index is -0.370. The largest absolute Gasteiger partial charge is 0.466 e. The zero-order valence-corrected chi connectivity index (χ0v) is 15.0. The number of rotatable bonds is 3. The summed E-state index contributed by atoms with van der Waals surface area (Å²) in [6, 6.07) is 3.63. The fourth-order valence-corrected chi connectivity index (χ4v) is 4.26. The van der Waals surface area contributed by atoms with E-state index in [4.69, 9.17) is 4.42 Å². The summed E-state index contributed by atoms with van der Waals surface area (Å²) < 4.78 is 5.33. The molecule has 0 unspecified atom stereocenters. The van der Waals surface area contributed by atoms with Gasteiger partial charge in [-0.05, 0) is 56.7 Å². The fourth-order valence-electron chi connectivity index (χ4n) is 3.16. The zero-order chi connectivity index (χ0) is 17.3. The molecule has 2 amide bonds. The number of nitrogens with one attached hydrogen (secondary N) is 2. The number of carbonyl (C=O) groups is 2. The van der Waals surface area contributed by atoms with Gasteiger partial charge < -0.3 is 4.42 Å². The van der Waals surface area contributed by atoms with Crippen LogP contribution in [0.2, 0.25) is 0 Å². The lowest BCUT2D eigenvalue weighted by atomic mass is 9.87. The van der Waals surface area contributed by atoms with Crippen LogP contribution in [0.4, 0.5) is 0 Å². The normalized spacial score (nSPS) is 16.5. The topological polar surface area (TPSA) is 71.3 Å². The summed E-state index contributed by atoms with van der Waals surface area (Å²) in [5.74, 6) is 1.28. The van der Waals surface area contributed by atoms with Gasteiger partial charge in [0.05, 0.1) is 10.4 Å². The summed E-state index contributed by atoms with van der Waals surface area (Å²) in [5.41, 5.74) is 6.68. The van der Waals surface area contributed by atoms with E-state index in [1.54, 1.807) is 19.9 Å². The van der Waals surface area contributed by atoms with Gasteiger partial charge in [0.25, 0.3) is 11.8 Å². The Kier molecular flexibility index (Phi) is 4.76. The highest BCUT2D eigenvalue weighted by molar-refractivity contribution is 7.14. The van der Waals surface area contributed by atoms with Gasteiger partial charge >= 0.3 is 0 Å². The van der Waals surface area contributed by atoms with E-state index in [0.717, 1.165) is 18.8 Å². The lowest BCUT2D eigenvalue weighted by Gasteiger charge is -2.19. The Morgan fingerprint density at radius 1 is 1.25 bits per heavy atom. The van der Waals surface area contributed by atoms with Crippen LogP contribution in [-0.4, -0.2) is 11.8 Å². The second-order valence-corrected chi connectivity index (χ2v) is 7.45. The van der Waals surface area contributed by atoms with Crippen LogP contribution in [0.15, 0.2) is 16.5 Å². The molecular weight excluding hydrogens is 324 g/mol. The van der Waals surface area contributed by atoms with Crippen LogP contribution < -0.4 is 10.9 Å². The summed E-state index contributed by atoms with van der Waals surface area (Å²) >= 11 is 1.53. The van der Waals surface area contributed by atoms with Gasteiger partial charge in [-0.15, -0.1) is 11.3 Å². The molecule has 24 heavy (non-hydrogen) atoms. The molecule has 2 N–H and O–H groups in total. The maximum Gasteiger partial charge on any atom is 0.279 e. The molecule has 0 saturated carbocycles. The minimum absolute atomic E-state index is 0.270. The molecule has 0 saturated heterocycles. The number of fused-ring (bicyclic) bond motifs is 1. The molecule has 0 aliphatic heterocycles. The number of furan rings is 1. The smallest absolute Gasteiger partial charge is 0.279 e. The molecule has 2 aromatic rings. The standard InChI is InChI=1S/C18H22N2O3S/c1-4-12-5-6-15-13(8-12)9-16(24-15)18(22)20-19-17(21)14-7-10(2)23-11(14)3/h7,9,12H,4-6,8H2,1-3H3,(H,19,21)(H,20,22)/t12-/m1/s1. The first kappa shape index (κ1) is 16.8. The Labute approximate surface area is 145 Å². The van der Waals surface area contributed by atoms with Gasteiger partial charge in [0, 0.05) is 4.88 Å². The molecule has 2 heterocycles. The molecule has 1 aliphatic carbocycles. The Morgan fingerprint density at radius 3 is 2.67 bits per heavy atom. The molecular formula is C18H22N2O3S. The van der Waals surface area contributed by atoms with Crippen molar-refractivity contribution in [2.24, 2.45) is 5.92 Å². The third-order valence-corrected chi connectivity index (χ3v) is 5.80. The van der Waals surface area contributed by atoms with Crippen molar-refractivity contribution in [3.63, 3.8) is 0 Å². The van der Waals surface area contributed by atoms with Crippen molar-refractivity contribution >= 4 is 23.2 Å². The SMILES string of the molecule is CC[C@@H]1CCc2sc(C(=O)NNC(=O)c3cc(C)oc3C)cc2C1. The molecule has 0 fully saturated rings. The summed E-state index contributed by atoms with van der Waals surface area (Å²) in [5, 5.41) is 0. The molecule has 1 atom stereocenters. The van der Waals surface area contributed by atoms with Gasteiger partial charge in [-0.2, -0.15) is 0 Å². The maximum absolute atomic E-state index is 12.3. The maximum atomic E-state index is 12.3. The van der Waals surface area contributed by atoms with Crippen molar-refractivity contribution in [1.29, 1.82) is 0 Å². The third kappa shape index (κ3) is 3.38. The van der Waals surface area contributed by atoms with Crippen LogP contribution >= 0.6 is 11.3 Å². The molecule has 128 valence electrons. The molecule has 0 spiro atoms. The first-order chi connectivity index (χ1) is 11.5. The van der Waals surface area contributed by atoms with E-state index in [9.17, 15) is 9.59 Å². The molecule has 0 bridgehead atoms. The monoisotopic (exact) mass is 346 g/mol. The number of thiophene rings is 1. The molecule has 0 aromatic carbocycles. The van der Waals surface area contributed by atoms with E-state index in [2.05, 4.69) is 17.8 Å². The van der Waals surface area contributed by atoms with Crippen molar-refractivity contribution in [2.45, 2.75) is 46.5 Å². The minimum Gasteiger partial charge on any atom is -0.466 e. The Hall–Kier alpha value is -2.08. The molecule has 1 aliphatic rings. The molecule has 6 heteroatoms. The summed E-state index contributed by atoms with van der Waals surface area (Å²) in [6.07, 6.45) is 4.47. The second-order valence-electron chi connectivity index (χ2n) is 6.31. The van der Waals surface area contributed by atoms with E-state index in [1.807, 2.05) is 6.07 Å². The number of amides is 2. The van der Waals surface area contributed by atoms with Crippen LogP contribution in [0.3, 0.4) is 0 Å². The molecule has 3 rings (SSSR count). The highest BCUT2D eigenvalue weighted by Crippen LogP contribution is 2.33. The average molecular weight is 346 g/mol. The number of carbonyl (C=O) groups excluding carboxylic acids is 2. The zero-order valence-electron chi connectivity index (χ0n) is 14.2. The van der Waals surface area contributed by atoms with Crippen LogP contribution in [0.1, 0.15) is 61.8 Å². The van der Waals surface area contributed by atoms with Gasteiger partial charge in [0.15, 0.2) is 0 Å². The highest BCUT2D eigenvalue weighted by atomic mass is 32.1. The van der Waals surface area contributed by atoms with Gasteiger partial charge in [0.1, 0.15) is 11.5 Å². The van der Waals surface area contributed by atoms with Crippen molar-refractivity contribution in [2.75, 3.05) is 0 Å². The van der Waals surface area contributed by atoms with Crippen LogP contribution in [0.25, 0.3) is 0 Å². The fraction of sp³-hybridized carbons (Fsp3) is 0.444. The van der Waals surface area contributed by atoms with E-state index in [1.165, 1.54) is 34.6 Å². The van der Waals surface area contributed by atoms with Gasteiger partial charge in [0.2, 0.25) is 0 Å². The van der Waals surface area contributed by atoms with Gasteiger partial charge in [-0.1, -0.05) is 13.3 Å². The van der Waals surface area contributed by atoms with Gasteiger partial charge in [-0.25, -0.2) is 0 Å². The first-order valence-electron chi connectivity index (χ1n) is 8.27. The quantitative estimate of drug-likeness (QED) is 0.835.